The lowest BCUT2D eigenvalue weighted by Gasteiger charge is -2.16. The van der Waals surface area contributed by atoms with Crippen molar-refractivity contribution >= 4 is 0 Å². The van der Waals surface area contributed by atoms with Crippen molar-refractivity contribution in [2.24, 2.45) is 0 Å². The first-order chi connectivity index (χ1) is 7.57. The largest absolute Gasteiger partial charge is 0.386 e. The van der Waals surface area contributed by atoms with Crippen LogP contribution in [0.2, 0.25) is 0 Å². The Hall–Kier alpha value is -0.220. The molecular weight excluding hydrogens is 212 g/mol. The fourth-order valence-electron chi connectivity index (χ4n) is 1.57. The van der Waals surface area contributed by atoms with Gasteiger partial charge >= 0.3 is 0 Å². The average Bonchev–Trinajstić information content (AvgIpc) is 2.25. The molecule has 0 aliphatic carbocycles. The van der Waals surface area contributed by atoms with E-state index >= 15 is 0 Å². The predicted octanol–water partition coefficient (Wildman–Crippen LogP) is 2.95. The molecule has 0 heterocycles. The maximum absolute atomic E-state index is 12.0. The number of rotatable bonds is 10. The number of nitrogens with one attached hydrogen (secondary N) is 1. The standard InChI is InChI=1S/C12H25F2NO/c1-3-4-5-6-7-8-10(2)15-9-11(16)12(13)14/h10-12,15-16H,3-9H2,1-2H3. The summed E-state index contributed by atoms with van der Waals surface area (Å²) in [6, 6.07) is 0.204. The molecule has 2 N–H and O–H groups in total. The summed E-state index contributed by atoms with van der Waals surface area (Å²) in [5.74, 6) is 0. The van der Waals surface area contributed by atoms with E-state index in [1.165, 1.54) is 25.7 Å². The van der Waals surface area contributed by atoms with Gasteiger partial charge in [0.1, 0.15) is 6.10 Å². The molecule has 2 atom stereocenters. The topological polar surface area (TPSA) is 32.3 Å². The lowest BCUT2D eigenvalue weighted by molar-refractivity contribution is -0.00448. The number of unbranched alkanes of at least 4 members (excludes halogenated alkanes) is 4. The number of halogens is 2. The highest BCUT2D eigenvalue weighted by Crippen LogP contribution is 2.07. The molecule has 0 bridgehead atoms. The summed E-state index contributed by atoms with van der Waals surface area (Å²) < 4.78 is 24.0. The van der Waals surface area contributed by atoms with Crippen LogP contribution in [0.15, 0.2) is 0 Å². The van der Waals surface area contributed by atoms with Crippen molar-refractivity contribution < 1.29 is 13.9 Å². The summed E-state index contributed by atoms with van der Waals surface area (Å²) >= 11 is 0. The van der Waals surface area contributed by atoms with Gasteiger partial charge in [-0.3, -0.25) is 0 Å². The van der Waals surface area contributed by atoms with E-state index in [4.69, 9.17) is 5.11 Å². The smallest absolute Gasteiger partial charge is 0.265 e. The summed E-state index contributed by atoms with van der Waals surface area (Å²) in [6.45, 7) is 4.13. The molecule has 0 fully saturated rings. The summed E-state index contributed by atoms with van der Waals surface area (Å²) in [6.07, 6.45) is 2.88. The molecule has 0 amide bonds. The minimum absolute atomic E-state index is 0.0200. The van der Waals surface area contributed by atoms with Crippen LogP contribution in [0.25, 0.3) is 0 Å². The van der Waals surface area contributed by atoms with Crippen molar-refractivity contribution in [2.45, 2.75) is 70.9 Å². The highest BCUT2D eigenvalue weighted by Gasteiger charge is 2.16. The van der Waals surface area contributed by atoms with E-state index in [0.717, 1.165) is 12.8 Å². The van der Waals surface area contributed by atoms with Gasteiger partial charge in [-0.05, 0) is 13.3 Å². The lowest BCUT2D eigenvalue weighted by Crippen LogP contribution is -2.37. The molecule has 2 unspecified atom stereocenters. The Morgan fingerprint density at radius 2 is 1.75 bits per heavy atom. The normalized spacial score (nSPS) is 15.4. The fraction of sp³-hybridized carbons (Fsp3) is 1.00. The Morgan fingerprint density at radius 3 is 2.31 bits per heavy atom. The van der Waals surface area contributed by atoms with E-state index in [9.17, 15) is 8.78 Å². The Morgan fingerprint density at radius 1 is 1.12 bits per heavy atom. The molecule has 0 aliphatic heterocycles. The molecule has 0 radical (unpaired) electrons. The minimum atomic E-state index is -2.65. The molecular formula is C12H25F2NO. The van der Waals surface area contributed by atoms with Crippen LogP contribution in [-0.4, -0.2) is 30.2 Å². The quantitative estimate of drug-likeness (QED) is 0.573. The summed E-state index contributed by atoms with van der Waals surface area (Å²) in [5, 5.41) is 11.8. The first-order valence-electron chi connectivity index (χ1n) is 6.27. The fourth-order valence-corrected chi connectivity index (χ4v) is 1.57. The maximum Gasteiger partial charge on any atom is 0.265 e. The van der Waals surface area contributed by atoms with Crippen molar-refractivity contribution in [3.8, 4) is 0 Å². The summed E-state index contributed by atoms with van der Waals surface area (Å²) in [7, 11) is 0. The highest BCUT2D eigenvalue weighted by molar-refractivity contribution is 4.66. The molecule has 0 aliphatic rings. The van der Waals surface area contributed by atoms with Gasteiger partial charge in [0.05, 0.1) is 0 Å². The molecule has 16 heavy (non-hydrogen) atoms. The first kappa shape index (κ1) is 15.8. The molecule has 2 nitrogen and oxygen atoms in total. The third-order valence-electron chi connectivity index (χ3n) is 2.71. The van der Waals surface area contributed by atoms with Crippen molar-refractivity contribution in [2.75, 3.05) is 6.54 Å². The molecule has 0 saturated heterocycles. The van der Waals surface area contributed by atoms with Crippen LogP contribution in [0.3, 0.4) is 0 Å². The zero-order chi connectivity index (χ0) is 12.4. The Kier molecular flexibility index (Phi) is 9.83. The van der Waals surface area contributed by atoms with E-state index in [1.54, 1.807) is 0 Å². The monoisotopic (exact) mass is 237 g/mol. The molecule has 0 spiro atoms. The molecule has 0 rings (SSSR count). The van der Waals surface area contributed by atoms with Gasteiger partial charge in [-0.15, -0.1) is 0 Å². The van der Waals surface area contributed by atoms with Gasteiger partial charge in [-0.1, -0.05) is 39.0 Å². The Labute approximate surface area is 97.4 Å². The first-order valence-corrected chi connectivity index (χ1v) is 6.27. The van der Waals surface area contributed by atoms with E-state index in [1.807, 2.05) is 6.92 Å². The molecule has 0 saturated carbocycles. The SMILES string of the molecule is CCCCCCCC(C)NCC(O)C(F)F. The van der Waals surface area contributed by atoms with Crippen molar-refractivity contribution in [3.63, 3.8) is 0 Å². The van der Waals surface area contributed by atoms with Gasteiger partial charge < -0.3 is 10.4 Å². The van der Waals surface area contributed by atoms with Crippen LogP contribution in [-0.2, 0) is 0 Å². The highest BCUT2D eigenvalue weighted by atomic mass is 19.3. The summed E-state index contributed by atoms with van der Waals surface area (Å²) in [5.41, 5.74) is 0. The van der Waals surface area contributed by atoms with Crippen molar-refractivity contribution in [1.82, 2.24) is 5.32 Å². The molecule has 98 valence electrons. The Bertz CT molecular complexity index is 156. The van der Waals surface area contributed by atoms with Crippen LogP contribution in [0.1, 0.15) is 52.4 Å². The van der Waals surface area contributed by atoms with E-state index in [0.29, 0.717) is 0 Å². The van der Waals surface area contributed by atoms with Crippen molar-refractivity contribution in [1.29, 1.82) is 0 Å². The predicted molar refractivity (Wildman–Crippen MR) is 62.9 cm³/mol. The van der Waals surface area contributed by atoms with Crippen LogP contribution in [0.5, 0.6) is 0 Å². The average molecular weight is 237 g/mol. The van der Waals surface area contributed by atoms with Gasteiger partial charge in [-0.2, -0.15) is 0 Å². The Balaban J connectivity index is 3.34. The lowest BCUT2D eigenvalue weighted by atomic mass is 10.1. The van der Waals surface area contributed by atoms with Crippen LogP contribution < -0.4 is 5.32 Å². The van der Waals surface area contributed by atoms with Gasteiger partial charge in [-0.25, -0.2) is 8.78 Å². The van der Waals surface area contributed by atoms with Crippen LogP contribution in [0, 0.1) is 0 Å². The summed E-state index contributed by atoms with van der Waals surface area (Å²) in [4.78, 5) is 0. The van der Waals surface area contributed by atoms with Crippen LogP contribution in [0.4, 0.5) is 8.78 Å². The maximum atomic E-state index is 12.0. The van der Waals surface area contributed by atoms with Crippen molar-refractivity contribution in [3.05, 3.63) is 0 Å². The molecule has 4 heteroatoms. The van der Waals surface area contributed by atoms with Gasteiger partial charge in [0.25, 0.3) is 6.43 Å². The van der Waals surface area contributed by atoms with Gasteiger partial charge in [0.2, 0.25) is 0 Å². The zero-order valence-electron chi connectivity index (χ0n) is 10.4. The second-order valence-electron chi connectivity index (χ2n) is 4.41. The molecule has 0 aromatic rings. The van der Waals surface area contributed by atoms with E-state index < -0.39 is 12.5 Å². The number of hydrogen-bond acceptors (Lipinski definition) is 2. The third-order valence-corrected chi connectivity index (χ3v) is 2.71. The van der Waals surface area contributed by atoms with E-state index in [-0.39, 0.29) is 12.6 Å². The zero-order valence-corrected chi connectivity index (χ0v) is 10.4. The number of alkyl halides is 2. The number of aliphatic hydroxyl groups excluding tert-OH is 1. The van der Waals surface area contributed by atoms with E-state index in [2.05, 4.69) is 12.2 Å². The second kappa shape index (κ2) is 9.97. The van der Waals surface area contributed by atoms with Gasteiger partial charge in [0.15, 0.2) is 0 Å². The van der Waals surface area contributed by atoms with Crippen LogP contribution >= 0.6 is 0 Å². The second-order valence-corrected chi connectivity index (χ2v) is 4.41. The van der Waals surface area contributed by atoms with Gasteiger partial charge in [0, 0.05) is 12.6 Å². The third kappa shape index (κ3) is 9.04. The molecule has 0 aromatic heterocycles. The number of aliphatic hydroxyl groups is 1. The minimum Gasteiger partial charge on any atom is -0.386 e. The number of hydrogen-bond donors (Lipinski definition) is 2. The molecule has 0 aromatic carbocycles.